The van der Waals surface area contributed by atoms with Gasteiger partial charge in [0.05, 0.1) is 18.9 Å². The monoisotopic (exact) mass is 198 g/mol. The summed E-state index contributed by atoms with van der Waals surface area (Å²) in [7, 11) is 1.29. The first-order chi connectivity index (χ1) is 6.61. The van der Waals surface area contributed by atoms with E-state index in [-0.39, 0.29) is 22.6 Å². The standard InChI is InChI=1S/C9H8F2N2O/c1-5-6(3-12)13-4-7(14-2)8(5)9(10)11/h4,9H,1-2H3. The molecule has 0 fully saturated rings. The van der Waals surface area contributed by atoms with E-state index in [0.717, 1.165) is 6.20 Å². The van der Waals surface area contributed by atoms with Crippen LogP contribution in [0, 0.1) is 18.3 Å². The van der Waals surface area contributed by atoms with Crippen molar-refractivity contribution in [2.24, 2.45) is 0 Å². The van der Waals surface area contributed by atoms with Crippen LogP contribution in [0.3, 0.4) is 0 Å². The number of nitrogens with zero attached hydrogens (tertiary/aromatic N) is 2. The molecule has 3 nitrogen and oxygen atoms in total. The topological polar surface area (TPSA) is 45.9 Å². The Morgan fingerprint density at radius 2 is 2.21 bits per heavy atom. The van der Waals surface area contributed by atoms with Gasteiger partial charge in [0.25, 0.3) is 6.43 Å². The maximum absolute atomic E-state index is 12.6. The maximum Gasteiger partial charge on any atom is 0.267 e. The highest BCUT2D eigenvalue weighted by Gasteiger charge is 2.19. The quantitative estimate of drug-likeness (QED) is 0.731. The summed E-state index contributed by atoms with van der Waals surface area (Å²) in [5.74, 6) is 0.0106. The minimum absolute atomic E-state index is 0.00102. The predicted molar refractivity (Wildman–Crippen MR) is 45.2 cm³/mol. The van der Waals surface area contributed by atoms with Gasteiger partial charge in [-0.1, -0.05) is 0 Å². The van der Waals surface area contributed by atoms with Gasteiger partial charge in [-0.05, 0) is 12.5 Å². The number of ether oxygens (including phenoxy) is 1. The molecule has 14 heavy (non-hydrogen) atoms. The van der Waals surface area contributed by atoms with Crippen LogP contribution >= 0.6 is 0 Å². The van der Waals surface area contributed by atoms with Gasteiger partial charge in [-0.2, -0.15) is 5.26 Å². The molecule has 1 aromatic heterocycles. The Labute approximate surface area is 79.9 Å². The van der Waals surface area contributed by atoms with Gasteiger partial charge in [0.15, 0.2) is 0 Å². The third-order valence-electron chi connectivity index (χ3n) is 1.88. The van der Waals surface area contributed by atoms with E-state index in [1.807, 2.05) is 0 Å². The molecule has 0 aliphatic rings. The summed E-state index contributed by atoms with van der Waals surface area (Å²) in [6, 6.07) is 1.74. The summed E-state index contributed by atoms with van der Waals surface area (Å²) in [4.78, 5) is 3.69. The van der Waals surface area contributed by atoms with E-state index in [0.29, 0.717) is 0 Å². The number of hydrogen-bond acceptors (Lipinski definition) is 3. The molecule has 5 heteroatoms. The average Bonchev–Trinajstić information content (AvgIpc) is 2.16. The van der Waals surface area contributed by atoms with Gasteiger partial charge in [0, 0.05) is 0 Å². The molecule has 0 saturated carbocycles. The van der Waals surface area contributed by atoms with Crippen LogP contribution < -0.4 is 4.74 Å². The van der Waals surface area contributed by atoms with Crippen LogP contribution in [0.5, 0.6) is 5.75 Å². The molecular formula is C9H8F2N2O. The van der Waals surface area contributed by atoms with Crippen molar-refractivity contribution in [3.8, 4) is 11.8 Å². The van der Waals surface area contributed by atoms with Gasteiger partial charge >= 0.3 is 0 Å². The smallest absolute Gasteiger partial charge is 0.267 e. The molecule has 0 radical (unpaired) electrons. The Morgan fingerprint density at radius 1 is 1.57 bits per heavy atom. The summed E-state index contributed by atoms with van der Waals surface area (Å²) >= 11 is 0. The highest BCUT2D eigenvalue weighted by atomic mass is 19.3. The Bertz CT molecular complexity index is 385. The molecule has 0 aromatic carbocycles. The van der Waals surface area contributed by atoms with Crippen molar-refractivity contribution in [1.82, 2.24) is 4.98 Å². The van der Waals surface area contributed by atoms with Crippen LogP contribution in [-0.4, -0.2) is 12.1 Å². The molecule has 0 bridgehead atoms. The minimum atomic E-state index is -2.67. The van der Waals surface area contributed by atoms with Crippen molar-refractivity contribution in [3.63, 3.8) is 0 Å². The molecule has 0 N–H and O–H groups in total. The summed E-state index contributed by atoms with van der Waals surface area (Å²) in [5, 5.41) is 8.59. The summed E-state index contributed by atoms with van der Waals surface area (Å²) in [6.07, 6.45) is -1.53. The lowest BCUT2D eigenvalue weighted by Crippen LogP contribution is -2.00. The number of halogens is 2. The molecule has 1 rings (SSSR count). The number of hydrogen-bond donors (Lipinski definition) is 0. The molecule has 0 aliphatic heterocycles. The van der Waals surface area contributed by atoms with Gasteiger partial charge in [-0.25, -0.2) is 13.8 Å². The van der Waals surface area contributed by atoms with Gasteiger partial charge < -0.3 is 4.74 Å². The first-order valence-corrected chi connectivity index (χ1v) is 3.83. The predicted octanol–water partition coefficient (Wildman–Crippen LogP) is 2.21. The van der Waals surface area contributed by atoms with E-state index >= 15 is 0 Å². The number of methoxy groups -OCH3 is 1. The van der Waals surface area contributed by atoms with Gasteiger partial charge in [0.1, 0.15) is 17.5 Å². The van der Waals surface area contributed by atoms with Crippen molar-refractivity contribution in [2.75, 3.05) is 7.11 Å². The zero-order valence-corrected chi connectivity index (χ0v) is 7.71. The van der Waals surface area contributed by atoms with Crippen LogP contribution in [0.4, 0.5) is 8.78 Å². The molecule has 0 atom stereocenters. The molecule has 0 spiro atoms. The number of rotatable bonds is 2. The van der Waals surface area contributed by atoms with Gasteiger partial charge in [-0.3, -0.25) is 0 Å². The van der Waals surface area contributed by atoms with Crippen molar-refractivity contribution < 1.29 is 13.5 Å². The normalized spacial score (nSPS) is 10.0. The first-order valence-electron chi connectivity index (χ1n) is 3.83. The van der Waals surface area contributed by atoms with Crippen molar-refractivity contribution in [3.05, 3.63) is 23.0 Å². The number of aromatic nitrogens is 1. The van der Waals surface area contributed by atoms with E-state index in [1.165, 1.54) is 14.0 Å². The van der Waals surface area contributed by atoms with Crippen molar-refractivity contribution in [2.45, 2.75) is 13.3 Å². The molecule has 0 saturated heterocycles. The first kappa shape index (κ1) is 10.4. The third kappa shape index (κ3) is 1.64. The van der Waals surface area contributed by atoms with Gasteiger partial charge in [-0.15, -0.1) is 0 Å². The number of nitriles is 1. The number of pyridine rings is 1. The molecule has 0 aliphatic carbocycles. The fourth-order valence-electron chi connectivity index (χ4n) is 1.15. The van der Waals surface area contributed by atoms with Crippen molar-refractivity contribution >= 4 is 0 Å². The van der Waals surface area contributed by atoms with Crippen LogP contribution in [0.2, 0.25) is 0 Å². The molecule has 1 aromatic rings. The second-order valence-corrected chi connectivity index (χ2v) is 2.63. The lowest BCUT2D eigenvalue weighted by molar-refractivity contribution is 0.146. The Morgan fingerprint density at radius 3 is 2.64 bits per heavy atom. The third-order valence-corrected chi connectivity index (χ3v) is 1.88. The lowest BCUT2D eigenvalue weighted by atomic mass is 10.1. The fraction of sp³-hybridized carbons (Fsp3) is 0.333. The molecular weight excluding hydrogens is 190 g/mol. The summed E-state index contributed by atoms with van der Waals surface area (Å²) in [6.45, 7) is 1.43. The van der Waals surface area contributed by atoms with Crippen LogP contribution in [0.25, 0.3) is 0 Å². The number of alkyl halides is 2. The van der Waals surface area contributed by atoms with Crippen LogP contribution in [0.15, 0.2) is 6.20 Å². The highest BCUT2D eigenvalue weighted by Crippen LogP contribution is 2.32. The summed E-state index contributed by atoms with van der Waals surface area (Å²) in [5.41, 5.74) is -0.0954. The average molecular weight is 198 g/mol. The Hall–Kier alpha value is -1.70. The van der Waals surface area contributed by atoms with E-state index in [1.54, 1.807) is 6.07 Å². The van der Waals surface area contributed by atoms with E-state index in [2.05, 4.69) is 4.98 Å². The highest BCUT2D eigenvalue weighted by molar-refractivity contribution is 5.45. The largest absolute Gasteiger partial charge is 0.495 e. The van der Waals surface area contributed by atoms with Crippen molar-refractivity contribution in [1.29, 1.82) is 5.26 Å². The van der Waals surface area contributed by atoms with E-state index in [4.69, 9.17) is 10.00 Å². The van der Waals surface area contributed by atoms with Crippen LogP contribution in [-0.2, 0) is 0 Å². The summed E-state index contributed by atoms with van der Waals surface area (Å²) < 4.78 is 29.9. The van der Waals surface area contributed by atoms with E-state index < -0.39 is 6.43 Å². The Balaban J connectivity index is 3.41. The fourth-order valence-corrected chi connectivity index (χ4v) is 1.15. The molecule has 1 heterocycles. The lowest BCUT2D eigenvalue weighted by Gasteiger charge is -2.10. The molecule has 0 unspecified atom stereocenters. The maximum atomic E-state index is 12.6. The zero-order valence-electron chi connectivity index (χ0n) is 7.71. The van der Waals surface area contributed by atoms with E-state index in [9.17, 15) is 8.78 Å². The SMILES string of the molecule is COc1cnc(C#N)c(C)c1C(F)F. The second kappa shape index (κ2) is 4.01. The van der Waals surface area contributed by atoms with Gasteiger partial charge in [0.2, 0.25) is 0 Å². The minimum Gasteiger partial charge on any atom is -0.495 e. The molecule has 74 valence electrons. The van der Waals surface area contributed by atoms with Crippen LogP contribution in [0.1, 0.15) is 23.2 Å². The Kier molecular flexibility index (Phi) is 2.97. The second-order valence-electron chi connectivity index (χ2n) is 2.63. The zero-order chi connectivity index (χ0) is 10.7. The molecule has 0 amide bonds.